The zero-order valence-corrected chi connectivity index (χ0v) is 11.6. The molecule has 0 fully saturated rings. The van der Waals surface area contributed by atoms with Gasteiger partial charge in [0.25, 0.3) is 0 Å². The Morgan fingerprint density at radius 3 is 2.84 bits per heavy atom. The quantitative estimate of drug-likeness (QED) is 0.879. The maximum absolute atomic E-state index is 6.27. The first kappa shape index (κ1) is 12.5. The second kappa shape index (κ2) is 5.24. The predicted octanol–water partition coefficient (Wildman–Crippen LogP) is 4.33. The molecule has 98 valence electrons. The van der Waals surface area contributed by atoms with E-state index in [4.69, 9.17) is 16.3 Å². The van der Waals surface area contributed by atoms with Gasteiger partial charge in [-0.2, -0.15) is 0 Å². The SMILES string of the molecule is Cc1cccc(Cl)c1NC1COCc2ccccc21. The molecule has 3 heteroatoms. The van der Waals surface area contributed by atoms with Gasteiger partial charge in [-0.3, -0.25) is 0 Å². The lowest BCUT2D eigenvalue weighted by molar-refractivity contribution is 0.0970. The molecule has 3 rings (SSSR count). The molecule has 0 aromatic heterocycles. The average Bonchev–Trinajstić information content (AvgIpc) is 2.43. The molecule has 19 heavy (non-hydrogen) atoms. The largest absolute Gasteiger partial charge is 0.374 e. The van der Waals surface area contributed by atoms with Crippen molar-refractivity contribution in [3.63, 3.8) is 0 Å². The first-order valence-corrected chi connectivity index (χ1v) is 6.80. The van der Waals surface area contributed by atoms with E-state index in [9.17, 15) is 0 Å². The Balaban J connectivity index is 1.93. The number of anilines is 1. The van der Waals surface area contributed by atoms with Crippen molar-refractivity contribution in [3.05, 3.63) is 64.2 Å². The predicted molar refractivity (Wildman–Crippen MR) is 78.7 cm³/mol. The molecule has 1 unspecified atom stereocenters. The maximum Gasteiger partial charge on any atom is 0.0752 e. The summed E-state index contributed by atoms with van der Waals surface area (Å²) >= 11 is 6.27. The van der Waals surface area contributed by atoms with Crippen LogP contribution in [0.1, 0.15) is 22.7 Å². The molecule has 0 aliphatic carbocycles. The van der Waals surface area contributed by atoms with E-state index in [1.807, 2.05) is 18.2 Å². The average molecular weight is 274 g/mol. The summed E-state index contributed by atoms with van der Waals surface area (Å²) in [5, 5.41) is 4.27. The van der Waals surface area contributed by atoms with E-state index in [1.165, 1.54) is 11.1 Å². The maximum atomic E-state index is 6.27. The topological polar surface area (TPSA) is 21.3 Å². The number of ether oxygens (including phenoxy) is 1. The second-order valence-corrected chi connectivity index (χ2v) is 5.25. The van der Waals surface area contributed by atoms with Crippen molar-refractivity contribution in [1.29, 1.82) is 0 Å². The van der Waals surface area contributed by atoms with E-state index >= 15 is 0 Å². The standard InChI is InChI=1S/C16H16ClNO/c1-11-5-4-8-14(17)16(11)18-15-10-19-9-12-6-2-3-7-13(12)15/h2-8,15,18H,9-10H2,1H3. The number of para-hydroxylation sites is 1. The highest BCUT2D eigenvalue weighted by Crippen LogP contribution is 2.32. The van der Waals surface area contributed by atoms with Crippen molar-refractivity contribution < 1.29 is 4.74 Å². The number of hydrogen-bond donors (Lipinski definition) is 1. The van der Waals surface area contributed by atoms with Gasteiger partial charge in [0.2, 0.25) is 0 Å². The van der Waals surface area contributed by atoms with Gasteiger partial charge >= 0.3 is 0 Å². The van der Waals surface area contributed by atoms with Crippen molar-refractivity contribution in [1.82, 2.24) is 0 Å². The molecule has 0 saturated carbocycles. The van der Waals surface area contributed by atoms with Crippen LogP contribution in [-0.2, 0) is 11.3 Å². The van der Waals surface area contributed by atoms with Crippen LogP contribution in [-0.4, -0.2) is 6.61 Å². The van der Waals surface area contributed by atoms with Crippen LogP contribution >= 0.6 is 11.6 Å². The van der Waals surface area contributed by atoms with E-state index in [2.05, 4.69) is 36.5 Å². The lowest BCUT2D eigenvalue weighted by atomic mass is 9.98. The monoisotopic (exact) mass is 273 g/mol. The van der Waals surface area contributed by atoms with E-state index < -0.39 is 0 Å². The number of rotatable bonds is 2. The number of fused-ring (bicyclic) bond motifs is 1. The summed E-state index contributed by atoms with van der Waals surface area (Å²) in [6.07, 6.45) is 0. The van der Waals surface area contributed by atoms with Crippen LogP contribution in [0.25, 0.3) is 0 Å². The third-order valence-electron chi connectivity index (χ3n) is 3.51. The summed E-state index contributed by atoms with van der Waals surface area (Å²) in [7, 11) is 0. The van der Waals surface area contributed by atoms with E-state index in [0.717, 1.165) is 16.3 Å². The first-order valence-electron chi connectivity index (χ1n) is 6.43. The third-order valence-corrected chi connectivity index (χ3v) is 3.83. The molecule has 0 bridgehead atoms. The highest BCUT2D eigenvalue weighted by molar-refractivity contribution is 6.33. The van der Waals surface area contributed by atoms with Gasteiger partial charge < -0.3 is 10.1 Å². The van der Waals surface area contributed by atoms with Gasteiger partial charge in [0, 0.05) is 0 Å². The minimum Gasteiger partial charge on any atom is -0.374 e. The molecule has 0 amide bonds. The number of benzene rings is 2. The summed E-state index contributed by atoms with van der Waals surface area (Å²) < 4.78 is 5.65. The van der Waals surface area contributed by atoms with Crippen LogP contribution in [0.3, 0.4) is 0 Å². The van der Waals surface area contributed by atoms with Gasteiger partial charge in [0.05, 0.1) is 30.0 Å². The number of halogens is 1. The van der Waals surface area contributed by atoms with Crippen LogP contribution < -0.4 is 5.32 Å². The minimum absolute atomic E-state index is 0.156. The minimum atomic E-state index is 0.156. The summed E-state index contributed by atoms with van der Waals surface area (Å²) in [4.78, 5) is 0. The van der Waals surface area contributed by atoms with Crippen molar-refractivity contribution in [2.24, 2.45) is 0 Å². The molecular formula is C16H16ClNO. The van der Waals surface area contributed by atoms with E-state index in [0.29, 0.717) is 13.2 Å². The lowest BCUT2D eigenvalue weighted by Gasteiger charge is -2.28. The van der Waals surface area contributed by atoms with Gasteiger partial charge in [-0.15, -0.1) is 0 Å². The van der Waals surface area contributed by atoms with Gasteiger partial charge in [0.1, 0.15) is 0 Å². The number of nitrogens with one attached hydrogen (secondary N) is 1. The summed E-state index contributed by atoms with van der Waals surface area (Å²) in [5.74, 6) is 0. The number of aryl methyl sites for hydroxylation is 1. The molecule has 1 aliphatic rings. The molecule has 2 aromatic carbocycles. The van der Waals surface area contributed by atoms with Crippen LogP contribution in [0.4, 0.5) is 5.69 Å². The van der Waals surface area contributed by atoms with E-state index in [-0.39, 0.29) is 6.04 Å². The zero-order chi connectivity index (χ0) is 13.2. The van der Waals surface area contributed by atoms with Gasteiger partial charge in [-0.05, 0) is 29.7 Å². The Bertz CT molecular complexity index is 577. The van der Waals surface area contributed by atoms with Gasteiger partial charge in [-0.1, -0.05) is 48.0 Å². The molecule has 2 aromatic rings. The van der Waals surface area contributed by atoms with Crippen LogP contribution in [0.5, 0.6) is 0 Å². The van der Waals surface area contributed by atoms with Crippen molar-refractivity contribution in [2.45, 2.75) is 19.6 Å². The second-order valence-electron chi connectivity index (χ2n) is 4.84. The molecular weight excluding hydrogens is 258 g/mol. The molecule has 1 atom stereocenters. The van der Waals surface area contributed by atoms with E-state index in [1.54, 1.807) is 0 Å². The summed E-state index contributed by atoms with van der Waals surface area (Å²) in [6.45, 7) is 3.42. The van der Waals surface area contributed by atoms with Gasteiger partial charge in [-0.25, -0.2) is 0 Å². The highest BCUT2D eigenvalue weighted by Gasteiger charge is 2.21. The molecule has 0 saturated heterocycles. The Morgan fingerprint density at radius 1 is 1.16 bits per heavy atom. The number of hydrogen-bond acceptors (Lipinski definition) is 2. The fourth-order valence-corrected chi connectivity index (χ4v) is 2.77. The Hall–Kier alpha value is -1.51. The third kappa shape index (κ3) is 2.46. The molecule has 0 radical (unpaired) electrons. The lowest BCUT2D eigenvalue weighted by Crippen LogP contribution is -2.23. The van der Waals surface area contributed by atoms with Crippen molar-refractivity contribution in [3.8, 4) is 0 Å². The van der Waals surface area contributed by atoms with Crippen molar-refractivity contribution in [2.75, 3.05) is 11.9 Å². The molecule has 1 heterocycles. The van der Waals surface area contributed by atoms with Crippen LogP contribution in [0.15, 0.2) is 42.5 Å². The summed E-state index contributed by atoms with van der Waals surface area (Å²) in [6, 6.07) is 14.5. The first-order chi connectivity index (χ1) is 9.25. The Kier molecular flexibility index (Phi) is 3.45. The zero-order valence-electron chi connectivity index (χ0n) is 10.8. The molecule has 0 spiro atoms. The van der Waals surface area contributed by atoms with Crippen LogP contribution in [0, 0.1) is 6.92 Å². The summed E-state index contributed by atoms with van der Waals surface area (Å²) in [5.41, 5.74) is 4.69. The molecule has 1 N–H and O–H groups in total. The fourth-order valence-electron chi connectivity index (χ4n) is 2.49. The van der Waals surface area contributed by atoms with Crippen molar-refractivity contribution >= 4 is 17.3 Å². The fraction of sp³-hybridized carbons (Fsp3) is 0.250. The molecule has 2 nitrogen and oxygen atoms in total. The Morgan fingerprint density at radius 2 is 2.00 bits per heavy atom. The highest BCUT2D eigenvalue weighted by atomic mass is 35.5. The Labute approximate surface area is 118 Å². The normalized spacial score (nSPS) is 17.9. The molecule has 1 aliphatic heterocycles. The smallest absolute Gasteiger partial charge is 0.0752 e. The van der Waals surface area contributed by atoms with Gasteiger partial charge in [0.15, 0.2) is 0 Å². The van der Waals surface area contributed by atoms with Crippen LogP contribution in [0.2, 0.25) is 5.02 Å².